The van der Waals surface area contributed by atoms with Crippen LogP contribution in [-0.4, -0.2) is 23.8 Å². The molecule has 1 aliphatic rings. The Kier molecular flexibility index (Phi) is 5.57. The zero-order valence-electron chi connectivity index (χ0n) is 12.8. The number of hydrogen-bond donors (Lipinski definition) is 1. The van der Waals surface area contributed by atoms with Crippen LogP contribution in [-0.2, 0) is 9.53 Å². The molecule has 0 saturated heterocycles. The molecule has 2 unspecified atom stereocenters. The lowest BCUT2D eigenvalue weighted by atomic mass is 9.99. The lowest BCUT2D eigenvalue weighted by Gasteiger charge is -2.12. The van der Waals surface area contributed by atoms with E-state index >= 15 is 0 Å². The van der Waals surface area contributed by atoms with Crippen molar-refractivity contribution in [2.24, 2.45) is 0 Å². The van der Waals surface area contributed by atoms with E-state index in [4.69, 9.17) is 4.74 Å². The van der Waals surface area contributed by atoms with E-state index in [2.05, 4.69) is 6.08 Å². The SMILES string of the molecule is CCCOC(=O)C(C)c1ccc(/C=C2/CCCC2O)cc1. The third-order valence-corrected chi connectivity index (χ3v) is 3.96. The Morgan fingerprint density at radius 3 is 2.71 bits per heavy atom. The smallest absolute Gasteiger partial charge is 0.313 e. The van der Waals surface area contributed by atoms with Gasteiger partial charge in [0.1, 0.15) is 0 Å². The van der Waals surface area contributed by atoms with E-state index in [-0.39, 0.29) is 18.0 Å². The fraction of sp³-hybridized carbons (Fsp3) is 0.500. The van der Waals surface area contributed by atoms with Gasteiger partial charge in [0.2, 0.25) is 0 Å². The molecule has 2 rings (SSSR count). The number of aliphatic hydroxyl groups is 1. The predicted octanol–water partition coefficient (Wildman–Crippen LogP) is 3.67. The summed E-state index contributed by atoms with van der Waals surface area (Å²) in [6.45, 7) is 4.33. The molecule has 3 nitrogen and oxygen atoms in total. The van der Waals surface area contributed by atoms with Crippen LogP contribution in [0.5, 0.6) is 0 Å². The fourth-order valence-corrected chi connectivity index (χ4v) is 2.58. The van der Waals surface area contributed by atoms with Gasteiger partial charge in [0, 0.05) is 0 Å². The summed E-state index contributed by atoms with van der Waals surface area (Å²) in [4.78, 5) is 11.8. The molecule has 114 valence electrons. The quantitative estimate of drug-likeness (QED) is 0.841. The van der Waals surface area contributed by atoms with Gasteiger partial charge in [-0.3, -0.25) is 4.79 Å². The van der Waals surface area contributed by atoms with Crippen LogP contribution in [0.3, 0.4) is 0 Å². The second kappa shape index (κ2) is 7.41. The molecule has 3 heteroatoms. The number of rotatable bonds is 5. The van der Waals surface area contributed by atoms with E-state index < -0.39 is 0 Å². The highest BCUT2D eigenvalue weighted by Gasteiger charge is 2.18. The van der Waals surface area contributed by atoms with Crippen LogP contribution >= 0.6 is 0 Å². The minimum Gasteiger partial charge on any atom is -0.465 e. The Balaban J connectivity index is 2.03. The van der Waals surface area contributed by atoms with Gasteiger partial charge in [0.15, 0.2) is 0 Å². The minimum absolute atomic E-state index is 0.172. The fourth-order valence-electron chi connectivity index (χ4n) is 2.58. The van der Waals surface area contributed by atoms with Crippen LogP contribution in [0.1, 0.15) is 56.6 Å². The molecular formula is C18H24O3. The summed E-state index contributed by atoms with van der Waals surface area (Å²) in [6.07, 6.45) is 5.51. The second-order valence-electron chi connectivity index (χ2n) is 5.68. The first-order valence-corrected chi connectivity index (χ1v) is 7.77. The van der Waals surface area contributed by atoms with Crippen molar-refractivity contribution >= 4 is 12.0 Å². The molecule has 0 amide bonds. The average Bonchev–Trinajstić information content (AvgIpc) is 2.90. The van der Waals surface area contributed by atoms with Crippen LogP contribution in [0.15, 0.2) is 29.8 Å². The standard InChI is InChI=1S/C18H24O3/c1-3-11-21-18(20)13(2)15-9-7-14(8-10-15)12-16-5-4-6-17(16)19/h7-10,12-13,17,19H,3-6,11H2,1-2H3/b16-12-. The van der Waals surface area contributed by atoms with E-state index in [0.29, 0.717) is 6.61 Å². The molecule has 1 fully saturated rings. The number of aliphatic hydroxyl groups excluding tert-OH is 1. The van der Waals surface area contributed by atoms with Crippen LogP contribution in [0.4, 0.5) is 0 Å². The van der Waals surface area contributed by atoms with Crippen LogP contribution in [0.2, 0.25) is 0 Å². The van der Waals surface area contributed by atoms with E-state index in [0.717, 1.165) is 42.4 Å². The summed E-state index contributed by atoms with van der Waals surface area (Å²) in [7, 11) is 0. The van der Waals surface area contributed by atoms with Gasteiger partial charge in [-0.05, 0) is 49.3 Å². The molecule has 1 N–H and O–H groups in total. The molecule has 1 saturated carbocycles. The first-order valence-electron chi connectivity index (χ1n) is 7.77. The van der Waals surface area contributed by atoms with Crippen molar-refractivity contribution in [3.05, 3.63) is 41.0 Å². The highest BCUT2D eigenvalue weighted by Crippen LogP contribution is 2.27. The van der Waals surface area contributed by atoms with Crippen molar-refractivity contribution in [1.29, 1.82) is 0 Å². The van der Waals surface area contributed by atoms with E-state index in [1.165, 1.54) is 0 Å². The Labute approximate surface area is 126 Å². The summed E-state index contributed by atoms with van der Waals surface area (Å²) in [5.74, 6) is -0.413. The Morgan fingerprint density at radius 1 is 1.43 bits per heavy atom. The van der Waals surface area contributed by atoms with Gasteiger partial charge < -0.3 is 9.84 Å². The van der Waals surface area contributed by atoms with Crippen LogP contribution in [0, 0.1) is 0 Å². The van der Waals surface area contributed by atoms with Crippen molar-refractivity contribution in [2.75, 3.05) is 6.61 Å². The zero-order chi connectivity index (χ0) is 15.2. The molecule has 21 heavy (non-hydrogen) atoms. The number of carbonyl (C=O) groups is 1. The van der Waals surface area contributed by atoms with Gasteiger partial charge in [0.05, 0.1) is 18.6 Å². The van der Waals surface area contributed by atoms with Crippen LogP contribution < -0.4 is 0 Å². The van der Waals surface area contributed by atoms with Gasteiger partial charge in [-0.2, -0.15) is 0 Å². The molecule has 0 aromatic heterocycles. The normalized spacial score (nSPS) is 21.5. The van der Waals surface area contributed by atoms with Gasteiger partial charge in [-0.1, -0.05) is 37.3 Å². The number of hydrogen-bond acceptors (Lipinski definition) is 3. The third-order valence-electron chi connectivity index (χ3n) is 3.96. The summed E-state index contributed by atoms with van der Waals surface area (Å²) < 4.78 is 5.18. The number of esters is 1. The highest BCUT2D eigenvalue weighted by atomic mass is 16.5. The van der Waals surface area contributed by atoms with Crippen molar-refractivity contribution in [3.63, 3.8) is 0 Å². The highest BCUT2D eigenvalue weighted by molar-refractivity contribution is 5.77. The van der Waals surface area contributed by atoms with E-state index in [9.17, 15) is 9.90 Å². The molecule has 0 bridgehead atoms. The maximum Gasteiger partial charge on any atom is 0.313 e. The lowest BCUT2D eigenvalue weighted by Crippen LogP contribution is -2.13. The molecule has 1 aromatic rings. The first-order chi connectivity index (χ1) is 10.1. The molecule has 2 atom stereocenters. The monoisotopic (exact) mass is 288 g/mol. The largest absolute Gasteiger partial charge is 0.465 e. The van der Waals surface area contributed by atoms with Gasteiger partial charge in [-0.25, -0.2) is 0 Å². The van der Waals surface area contributed by atoms with Gasteiger partial charge in [0.25, 0.3) is 0 Å². The Morgan fingerprint density at radius 2 is 2.14 bits per heavy atom. The van der Waals surface area contributed by atoms with Crippen molar-refractivity contribution in [1.82, 2.24) is 0 Å². The van der Waals surface area contributed by atoms with Crippen molar-refractivity contribution in [2.45, 2.75) is 51.6 Å². The molecule has 0 aliphatic heterocycles. The number of ether oxygens (including phenoxy) is 1. The maximum atomic E-state index is 11.8. The topological polar surface area (TPSA) is 46.5 Å². The molecule has 0 radical (unpaired) electrons. The van der Waals surface area contributed by atoms with E-state index in [1.807, 2.05) is 38.1 Å². The van der Waals surface area contributed by atoms with E-state index in [1.54, 1.807) is 0 Å². The van der Waals surface area contributed by atoms with Crippen LogP contribution in [0.25, 0.3) is 6.08 Å². The summed E-state index contributed by atoms with van der Waals surface area (Å²) in [6, 6.07) is 7.92. The van der Waals surface area contributed by atoms with Gasteiger partial charge in [-0.15, -0.1) is 0 Å². The Bertz CT molecular complexity index is 502. The minimum atomic E-state index is -0.285. The lowest BCUT2D eigenvalue weighted by molar-refractivity contribution is -0.145. The average molecular weight is 288 g/mol. The predicted molar refractivity (Wildman–Crippen MR) is 83.9 cm³/mol. The number of benzene rings is 1. The van der Waals surface area contributed by atoms with Crippen molar-refractivity contribution < 1.29 is 14.6 Å². The summed E-state index contributed by atoms with van der Waals surface area (Å²) in [5, 5.41) is 9.82. The first kappa shape index (κ1) is 15.8. The molecule has 0 spiro atoms. The maximum absolute atomic E-state index is 11.8. The molecule has 1 aromatic carbocycles. The molecular weight excluding hydrogens is 264 g/mol. The summed E-state index contributed by atoms with van der Waals surface area (Å²) in [5.41, 5.74) is 3.15. The number of carbonyl (C=O) groups excluding carboxylic acids is 1. The van der Waals surface area contributed by atoms with Gasteiger partial charge >= 0.3 is 5.97 Å². The Hall–Kier alpha value is -1.61. The summed E-state index contributed by atoms with van der Waals surface area (Å²) >= 11 is 0. The third kappa shape index (κ3) is 4.18. The molecule has 0 heterocycles. The zero-order valence-corrected chi connectivity index (χ0v) is 12.8. The molecule has 1 aliphatic carbocycles. The second-order valence-corrected chi connectivity index (χ2v) is 5.68. The van der Waals surface area contributed by atoms with Crippen molar-refractivity contribution in [3.8, 4) is 0 Å².